The summed E-state index contributed by atoms with van der Waals surface area (Å²) in [4.78, 5) is 21.4. The number of hydrogen-bond acceptors (Lipinski definition) is 4. The minimum Gasteiger partial charge on any atom is -0.457 e. The molecule has 1 aliphatic heterocycles. The molecule has 0 N–H and O–H groups in total. The summed E-state index contributed by atoms with van der Waals surface area (Å²) in [5.41, 5.74) is 1.78. The quantitative estimate of drug-likeness (QED) is 0.606. The average molecular weight is 426 g/mol. The van der Waals surface area contributed by atoms with Crippen LogP contribution >= 0.6 is 11.6 Å². The number of carbonyl (C=O) groups is 1. The summed E-state index contributed by atoms with van der Waals surface area (Å²) in [5, 5.41) is 0.462. The Bertz CT molecular complexity index is 1030. The number of ether oxygens (including phenoxy) is 1. The van der Waals surface area contributed by atoms with Crippen LogP contribution in [0.15, 0.2) is 60.7 Å². The normalized spacial score (nSPS) is 14.6. The molecule has 1 amide bonds. The molecule has 0 bridgehead atoms. The Labute approximate surface area is 179 Å². The number of piperazine rings is 1. The highest BCUT2D eigenvalue weighted by atomic mass is 35.5. The van der Waals surface area contributed by atoms with Gasteiger partial charge in [0.25, 0.3) is 5.91 Å². The standard InChI is InChI=1S/C23H21ClFN3O2/c1-27-10-12-28(13-11-27)23(29)22-15-17(24)14-21(26-22)16-2-6-19(7-3-16)30-20-8-4-18(25)5-9-20/h2-9,14-15H,10-13H2,1H3. The Morgan fingerprint density at radius 2 is 1.57 bits per heavy atom. The van der Waals surface area contributed by atoms with Gasteiger partial charge in [-0.15, -0.1) is 0 Å². The first kappa shape index (κ1) is 20.3. The van der Waals surface area contributed by atoms with Crippen molar-refractivity contribution in [1.82, 2.24) is 14.8 Å². The largest absolute Gasteiger partial charge is 0.457 e. The molecule has 0 radical (unpaired) electrons. The van der Waals surface area contributed by atoms with E-state index in [2.05, 4.69) is 9.88 Å². The summed E-state index contributed by atoms with van der Waals surface area (Å²) >= 11 is 6.28. The Morgan fingerprint density at radius 1 is 0.967 bits per heavy atom. The Kier molecular flexibility index (Phi) is 5.97. The van der Waals surface area contributed by atoms with Gasteiger partial charge in [-0.25, -0.2) is 9.37 Å². The van der Waals surface area contributed by atoms with Gasteiger partial charge in [0.15, 0.2) is 0 Å². The van der Waals surface area contributed by atoms with Crippen molar-refractivity contribution in [3.8, 4) is 22.8 Å². The van der Waals surface area contributed by atoms with E-state index in [-0.39, 0.29) is 11.7 Å². The summed E-state index contributed by atoms with van der Waals surface area (Å²) in [6.45, 7) is 3.03. The van der Waals surface area contributed by atoms with E-state index in [1.807, 2.05) is 24.1 Å². The van der Waals surface area contributed by atoms with E-state index >= 15 is 0 Å². The summed E-state index contributed by atoms with van der Waals surface area (Å²) < 4.78 is 18.7. The predicted molar refractivity (Wildman–Crippen MR) is 115 cm³/mol. The third-order valence-corrected chi connectivity index (χ3v) is 5.22. The number of hydrogen-bond donors (Lipinski definition) is 0. The summed E-state index contributed by atoms with van der Waals surface area (Å²) in [6, 6.07) is 16.5. The highest BCUT2D eigenvalue weighted by molar-refractivity contribution is 6.31. The molecule has 30 heavy (non-hydrogen) atoms. The van der Waals surface area contributed by atoms with E-state index in [1.54, 1.807) is 36.4 Å². The number of likely N-dealkylation sites (N-methyl/N-ethyl adjacent to an activating group) is 1. The van der Waals surface area contributed by atoms with Crippen LogP contribution in [0, 0.1) is 5.82 Å². The molecular weight excluding hydrogens is 405 g/mol. The van der Waals surface area contributed by atoms with Gasteiger partial charge in [-0.3, -0.25) is 4.79 Å². The molecule has 4 rings (SSSR count). The number of benzene rings is 2. The fourth-order valence-corrected chi connectivity index (χ4v) is 3.47. The van der Waals surface area contributed by atoms with E-state index < -0.39 is 0 Å². The van der Waals surface area contributed by atoms with Gasteiger partial charge < -0.3 is 14.5 Å². The molecule has 0 unspecified atom stereocenters. The van der Waals surface area contributed by atoms with Crippen LogP contribution in [0.3, 0.4) is 0 Å². The molecule has 1 aromatic heterocycles. The molecule has 1 saturated heterocycles. The van der Waals surface area contributed by atoms with Crippen LogP contribution in [0.2, 0.25) is 5.02 Å². The molecule has 0 atom stereocenters. The number of halogens is 2. The number of pyridine rings is 1. The lowest BCUT2D eigenvalue weighted by molar-refractivity contribution is 0.0658. The maximum Gasteiger partial charge on any atom is 0.272 e. The lowest BCUT2D eigenvalue weighted by atomic mass is 10.1. The van der Waals surface area contributed by atoms with Crippen molar-refractivity contribution in [2.24, 2.45) is 0 Å². The number of carbonyl (C=O) groups excluding carboxylic acids is 1. The average Bonchev–Trinajstić information content (AvgIpc) is 2.75. The van der Waals surface area contributed by atoms with Gasteiger partial charge in [0, 0.05) is 36.8 Å². The summed E-state index contributed by atoms with van der Waals surface area (Å²) in [7, 11) is 2.04. The number of nitrogens with zero attached hydrogens (tertiary/aromatic N) is 3. The van der Waals surface area contributed by atoms with Gasteiger partial charge in [-0.1, -0.05) is 11.6 Å². The molecule has 2 heterocycles. The molecule has 0 aliphatic carbocycles. The molecule has 154 valence electrons. The zero-order valence-electron chi connectivity index (χ0n) is 16.5. The van der Waals surface area contributed by atoms with Crippen LogP contribution in [0.5, 0.6) is 11.5 Å². The topological polar surface area (TPSA) is 45.7 Å². The van der Waals surface area contributed by atoms with Gasteiger partial charge in [-0.05, 0) is 67.7 Å². The molecule has 3 aromatic rings. The Morgan fingerprint density at radius 3 is 2.20 bits per heavy atom. The number of rotatable bonds is 4. The lowest BCUT2D eigenvalue weighted by Crippen LogP contribution is -2.47. The van der Waals surface area contributed by atoms with E-state index in [9.17, 15) is 9.18 Å². The SMILES string of the molecule is CN1CCN(C(=O)c2cc(Cl)cc(-c3ccc(Oc4ccc(F)cc4)cc3)n2)CC1. The van der Waals surface area contributed by atoms with Crippen molar-refractivity contribution in [3.63, 3.8) is 0 Å². The fourth-order valence-electron chi connectivity index (χ4n) is 3.26. The van der Waals surface area contributed by atoms with Crippen LogP contribution in [-0.2, 0) is 0 Å². The first-order chi connectivity index (χ1) is 14.5. The highest BCUT2D eigenvalue weighted by Crippen LogP contribution is 2.27. The van der Waals surface area contributed by atoms with Crippen LogP contribution < -0.4 is 4.74 Å². The zero-order chi connectivity index (χ0) is 21.1. The molecular formula is C23H21ClFN3O2. The maximum atomic E-state index is 13.0. The summed E-state index contributed by atoms with van der Waals surface area (Å²) in [5.74, 6) is 0.737. The van der Waals surface area contributed by atoms with Gasteiger partial charge in [0.1, 0.15) is 23.0 Å². The first-order valence-corrected chi connectivity index (χ1v) is 10.0. The second-order valence-corrected chi connectivity index (χ2v) is 7.67. The monoisotopic (exact) mass is 425 g/mol. The van der Waals surface area contributed by atoms with Crippen LogP contribution in [0.25, 0.3) is 11.3 Å². The van der Waals surface area contributed by atoms with Crippen LogP contribution in [-0.4, -0.2) is 53.9 Å². The van der Waals surface area contributed by atoms with Gasteiger partial charge in [-0.2, -0.15) is 0 Å². The second-order valence-electron chi connectivity index (χ2n) is 7.23. The molecule has 0 spiro atoms. The fraction of sp³-hybridized carbons (Fsp3) is 0.217. The number of aromatic nitrogens is 1. The molecule has 1 aliphatic rings. The van der Waals surface area contributed by atoms with E-state index in [0.29, 0.717) is 41.0 Å². The molecule has 2 aromatic carbocycles. The predicted octanol–water partition coefficient (Wildman–Crippen LogP) is 4.72. The smallest absolute Gasteiger partial charge is 0.272 e. The Balaban J connectivity index is 1.52. The number of amides is 1. The third kappa shape index (κ3) is 4.78. The maximum absolute atomic E-state index is 13.0. The summed E-state index contributed by atoms with van der Waals surface area (Å²) in [6.07, 6.45) is 0. The van der Waals surface area contributed by atoms with Crippen molar-refractivity contribution in [2.75, 3.05) is 33.2 Å². The molecule has 1 fully saturated rings. The van der Waals surface area contributed by atoms with E-state index in [4.69, 9.17) is 16.3 Å². The molecule has 7 heteroatoms. The minimum absolute atomic E-state index is 0.108. The van der Waals surface area contributed by atoms with Crippen molar-refractivity contribution < 1.29 is 13.9 Å². The first-order valence-electron chi connectivity index (χ1n) is 9.67. The van der Waals surface area contributed by atoms with Crippen molar-refractivity contribution in [2.45, 2.75) is 0 Å². The Hall–Kier alpha value is -2.96. The van der Waals surface area contributed by atoms with Crippen molar-refractivity contribution >= 4 is 17.5 Å². The lowest BCUT2D eigenvalue weighted by Gasteiger charge is -2.32. The van der Waals surface area contributed by atoms with Gasteiger partial charge in [0.05, 0.1) is 5.69 Å². The zero-order valence-corrected chi connectivity index (χ0v) is 17.3. The highest BCUT2D eigenvalue weighted by Gasteiger charge is 2.22. The van der Waals surface area contributed by atoms with Crippen LogP contribution in [0.4, 0.5) is 4.39 Å². The van der Waals surface area contributed by atoms with Gasteiger partial charge >= 0.3 is 0 Å². The van der Waals surface area contributed by atoms with E-state index in [1.165, 1.54) is 12.1 Å². The third-order valence-electron chi connectivity index (χ3n) is 5.00. The van der Waals surface area contributed by atoms with Crippen LogP contribution in [0.1, 0.15) is 10.5 Å². The van der Waals surface area contributed by atoms with Crippen molar-refractivity contribution in [3.05, 3.63) is 77.2 Å². The molecule has 0 saturated carbocycles. The molecule has 5 nitrogen and oxygen atoms in total. The van der Waals surface area contributed by atoms with Gasteiger partial charge in [0.2, 0.25) is 0 Å². The van der Waals surface area contributed by atoms with Crippen molar-refractivity contribution in [1.29, 1.82) is 0 Å². The minimum atomic E-state index is -0.313. The van der Waals surface area contributed by atoms with E-state index in [0.717, 1.165) is 18.7 Å². The second kappa shape index (κ2) is 8.81.